The first kappa shape index (κ1) is 7.74. The van der Waals surface area contributed by atoms with Crippen molar-refractivity contribution < 1.29 is 0 Å². The van der Waals surface area contributed by atoms with Crippen LogP contribution in [0.2, 0.25) is 0 Å². The van der Waals surface area contributed by atoms with Crippen LogP contribution < -0.4 is 11.2 Å². The van der Waals surface area contributed by atoms with E-state index in [0.717, 1.165) is 0 Å². The summed E-state index contributed by atoms with van der Waals surface area (Å²) >= 11 is 0. The van der Waals surface area contributed by atoms with Crippen molar-refractivity contribution in [2.45, 2.75) is 0 Å². The SMILES string of the molecule is CN(C)Nc1ncncc1N. The summed E-state index contributed by atoms with van der Waals surface area (Å²) in [7, 11) is 3.73. The van der Waals surface area contributed by atoms with Gasteiger partial charge in [0.25, 0.3) is 0 Å². The van der Waals surface area contributed by atoms with Crippen molar-refractivity contribution in [3.05, 3.63) is 12.5 Å². The molecule has 0 aliphatic carbocycles. The number of nitrogens with two attached hydrogens (primary N) is 1. The monoisotopic (exact) mass is 153 g/mol. The zero-order valence-corrected chi connectivity index (χ0v) is 6.57. The summed E-state index contributed by atoms with van der Waals surface area (Å²) in [6.45, 7) is 0. The van der Waals surface area contributed by atoms with E-state index < -0.39 is 0 Å². The average Bonchev–Trinajstić information content (AvgIpc) is 1.93. The van der Waals surface area contributed by atoms with Crippen LogP contribution in [-0.2, 0) is 0 Å². The number of hydrazine groups is 1. The maximum Gasteiger partial charge on any atom is 0.166 e. The molecule has 0 atom stereocenters. The average molecular weight is 153 g/mol. The molecule has 0 amide bonds. The van der Waals surface area contributed by atoms with Crippen molar-refractivity contribution in [1.82, 2.24) is 15.0 Å². The molecule has 0 bridgehead atoms. The largest absolute Gasteiger partial charge is 0.394 e. The minimum absolute atomic E-state index is 0.543. The Bertz CT molecular complexity index is 234. The Kier molecular flexibility index (Phi) is 2.22. The lowest BCUT2D eigenvalue weighted by molar-refractivity contribution is 0.492. The van der Waals surface area contributed by atoms with Crippen LogP contribution in [0.25, 0.3) is 0 Å². The normalized spacial score (nSPS) is 10.1. The van der Waals surface area contributed by atoms with Crippen LogP contribution in [-0.4, -0.2) is 29.1 Å². The number of aromatic nitrogens is 2. The Labute approximate surface area is 65.2 Å². The topological polar surface area (TPSA) is 67.1 Å². The van der Waals surface area contributed by atoms with Crippen LogP contribution >= 0.6 is 0 Å². The highest BCUT2D eigenvalue weighted by Crippen LogP contribution is 2.10. The summed E-state index contributed by atoms with van der Waals surface area (Å²) in [6.07, 6.45) is 3.00. The molecule has 0 radical (unpaired) electrons. The van der Waals surface area contributed by atoms with Gasteiger partial charge in [-0.3, -0.25) is 0 Å². The Morgan fingerprint density at radius 3 is 2.82 bits per heavy atom. The fourth-order valence-corrected chi connectivity index (χ4v) is 0.646. The van der Waals surface area contributed by atoms with Crippen molar-refractivity contribution in [2.75, 3.05) is 25.3 Å². The molecule has 0 spiro atoms. The molecule has 1 aromatic heterocycles. The van der Waals surface area contributed by atoms with Gasteiger partial charge >= 0.3 is 0 Å². The van der Waals surface area contributed by atoms with Crippen molar-refractivity contribution in [1.29, 1.82) is 0 Å². The van der Waals surface area contributed by atoms with Gasteiger partial charge in [-0.25, -0.2) is 15.0 Å². The summed E-state index contributed by atoms with van der Waals surface area (Å²) in [5.41, 5.74) is 9.03. The van der Waals surface area contributed by atoms with Crippen LogP contribution in [0.1, 0.15) is 0 Å². The number of hydrogen-bond acceptors (Lipinski definition) is 5. The molecule has 5 heteroatoms. The Morgan fingerprint density at radius 2 is 2.27 bits per heavy atom. The maximum absolute atomic E-state index is 5.55. The van der Waals surface area contributed by atoms with Crippen molar-refractivity contribution in [3.63, 3.8) is 0 Å². The quantitative estimate of drug-likeness (QED) is 0.583. The van der Waals surface area contributed by atoms with Gasteiger partial charge in [0.1, 0.15) is 6.33 Å². The number of hydrogen-bond donors (Lipinski definition) is 2. The third-order valence-electron chi connectivity index (χ3n) is 1.07. The molecule has 1 rings (SSSR count). The van der Waals surface area contributed by atoms with E-state index in [1.54, 1.807) is 11.2 Å². The number of anilines is 2. The molecule has 60 valence electrons. The van der Waals surface area contributed by atoms with E-state index in [9.17, 15) is 0 Å². The number of nitrogens with one attached hydrogen (secondary N) is 1. The van der Waals surface area contributed by atoms with Gasteiger partial charge in [0.2, 0.25) is 0 Å². The molecule has 0 aliphatic rings. The summed E-state index contributed by atoms with van der Waals surface area (Å²) in [5.74, 6) is 0.630. The molecular formula is C6H11N5. The van der Waals surface area contributed by atoms with E-state index in [4.69, 9.17) is 5.73 Å². The lowest BCUT2D eigenvalue weighted by atomic mass is 10.5. The molecular weight excluding hydrogens is 142 g/mol. The van der Waals surface area contributed by atoms with Crippen molar-refractivity contribution in [2.24, 2.45) is 0 Å². The first-order valence-electron chi connectivity index (χ1n) is 3.19. The van der Waals surface area contributed by atoms with Gasteiger partial charge in [0.05, 0.1) is 11.9 Å². The summed E-state index contributed by atoms with van der Waals surface area (Å²) < 4.78 is 0. The standard InChI is InChI=1S/C6H11N5/c1-11(2)10-6-5(7)3-8-4-9-6/h3-4H,7H2,1-2H3,(H,8,9,10). The molecule has 1 aromatic rings. The molecule has 0 saturated heterocycles. The molecule has 1 heterocycles. The van der Waals surface area contributed by atoms with E-state index in [2.05, 4.69) is 15.4 Å². The van der Waals surface area contributed by atoms with Crippen LogP contribution in [0.4, 0.5) is 11.5 Å². The highest BCUT2D eigenvalue weighted by atomic mass is 15.5. The van der Waals surface area contributed by atoms with Gasteiger partial charge < -0.3 is 11.2 Å². The van der Waals surface area contributed by atoms with Gasteiger partial charge in [0, 0.05) is 14.1 Å². The van der Waals surface area contributed by atoms with E-state index in [1.165, 1.54) is 6.33 Å². The minimum atomic E-state index is 0.543. The van der Waals surface area contributed by atoms with E-state index >= 15 is 0 Å². The van der Waals surface area contributed by atoms with E-state index in [-0.39, 0.29) is 0 Å². The number of nitrogens with zero attached hydrogens (tertiary/aromatic N) is 3. The molecule has 0 aromatic carbocycles. The van der Waals surface area contributed by atoms with Gasteiger partial charge in [-0.1, -0.05) is 0 Å². The summed E-state index contributed by atoms with van der Waals surface area (Å²) in [5, 5.41) is 1.76. The molecule has 3 N–H and O–H groups in total. The highest BCUT2D eigenvalue weighted by molar-refractivity contribution is 5.58. The van der Waals surface area contributed by atoms with Crippen molar-refractivity contribution in [3.8, 4) is 0 Å². The van der Waals surface area contributed by atoms with E-state index in [0.29, 0.717) is 11.5 Å². The second-order valence-electron chi connectivity index (χ2n) is 2.33. The van der Waals surface area contributed by atoms with Crippen molar-refractivity contribution >= 4 is 11.5 Å². The molecule has 11 heavy (non-hydrogen) atoms. The van der Waals surface area contributed by atoms with Crippen LogP contribution in [0.3, 0.4) is 0 Å². The molecule has 0 unspecified atom stereocenters. The van der Waals surface area contributed by atoms with Gasteiger partial charge in [-0.2, -0.15) is 0 Å². The fourth-order valence-electron chi connectivity index (χ4n) is 0.646. The smallest absolute Gasteiger partial charge is 0.166 e. The summed E-state index contributed by atoms with van der Waals surface area (Å²) in [6, 6.07) is 0. The van der Waals surface area contributed by atoms with Gasteiger partial charge in [0.15, 0.2) is 5.82 Å². The highest BCUT2D eigenvalue weighted by Gasteiger charge is 1.98. The Morgan fingerprint density at radius 1 is 1.55 bits per heavy atom. The lowest BCUT2D eigenvalue weighted by Gasteiger charge is -2.12. The predicted molar refractivity (Wildman–Crippen MR) is 43.8 cm³/mol. The fraction of sp³-hybridized carbons (Fsp3) is 0.333. The third-order valence-corrected chi connectivity index (χ3v) is 1.07. The van der Waals surface area contributed by atoms with Crippen LogP contribution in [0, 0.1) is 0 Å². The number of rotatable bonds is 2. The lowest BCUT2D eigenvalue weighted by Crippen LogP contribution is -2.21. The molecule has 5 nitrogen and oxygen atoms in total. The van der Waals surface area contributed by atoms with Gasteiger partial charge in [-0.05, 0) is 0 Å². The summed E-state index contributed by atoms with van der Waals surface area (Å²) in [4.78, 5) is 7.69. The zero-order valence-electron chi connectivity index (χ0n) is 6.57. The molecule has 0 aliphatic heterocycles. The maximum atomic E-state index is 5.55. The minimum Gasteiger partial charge on any atom is -0.394 e. The van der Waals surface area contributed by atoms with Crippen LogP contribution in [0.15, 0.2) is 12.5 Å². The second kappa shape index (κ2) is 3.16. The van der Waals surface area contributed by atoms with E-state index in [1.807, 2.05) is 14.1 Å². The van der Waals surface area contributed by atoms with Crippen LogP contribution in [0.5, 0.6) is 0 Å². The Balaban J connectivity index is 2.78. The molecule has 0 fully saturated rings. The zero-order chi connectivity index (χ0) is 8.27. The first-order valence-corrected chi connectivity index (χ1v) is 3.19. The molecule has 0 saturated carbocycles. The predicted octanol–water partition coefficient (Wildman–Crippen LogP) is -0.0527. The third kappa shape index (κ3) is 2.05. The first-order chi connectivity index (χ1) is 5.20. The van der Waals surface area contributed by atoms with Gasteiger partial charge in [-0.15, -0.1) is 0 Å². The second-order valence-corrected chi connectivity index (χ2v) is 2.33. The Hall–Kier alpha value is -1.36. The number of nitrogen functional groups attached to an aromatic ring is 1.